The van der Waals surface area contributed by atoms with Crippen LogP contribution in [0.4, 0.5) is 5.69 Å². The van der Waals surface area contributed by atoms with Gasteiger partial charge >= 0.3 is 5.97 Å². The van der Waals surface area contributed by atoms with Crippen LogP contribution in [0.2, 0.25) is 0 Å². The Morgan fingerprint density at radius 1 is 1.24 bits per heavy atom. The van der Waals surface area contributed by atoms with Gasteiger partial charge in [0.15, 0.2) is 0 Å². The number of Topliss-reactive ketones (excluding diaryl/α,β-unsaturated/α-hetero) is 1. The number of aliphatic carboxylic acids is 1. The predicted molar refractivity (Wildman–Crippen MR) is 98.1 cm³/mol. The highest BCUT2D eigenvalue weighted by molar-refractivity contribution is 6.38. The Bertz CT molecular complexity index is 991. The van der Waals surface area contributed by atoms with Crippen molar-refractivity contribution in [3.8, 4) is 0 Å². The molecule has 1 aromatic rings. The second kappa shape index (κ2) is 5.44. The van der Waals surface area contributed by atoms with E-state index >= 15 is 0 Å². The number of hydrogen-bond donors (Lipinski definition) is 1. The summed E-state index contributed by atoms with van der Waals surface area (Å²) in [5.74, 6) is -3.00. The molecule has 29 heavy (non-hydrogen) atoms. The number of ether oxygens (including phenoxy) is 1. The number of anilines is 1. The summed E-state index contributed by atoms with van der Waals surface area (Å²) < 4.78 is 5.66. The average Bonchev–Trinajstić information content (AvgIpc) is 3.24. The lowest BCUT2D eigenvalue weighted by atomic mass is 9.54. The monoisotopic (exact) mass is 396 g/mol. The Kier molecular flexibility index (Phi) is 3.22. The van der Waals surface area contributed by atoms with E-state index in [1.54, 1.807) is 4.90 Å². The van der Waals surface area contributed by atoms with E-state index in [1.165, 1.54) is 0 Å². The van der Waals surface area contributed by atoms with Gasteiger partial charge in [-0.05, 0) is 24.5 Å². The standard InChI is InChI=1S/C21H20N2O6/c24-15-8-13(29-9-16(25)26)17-10-7-14-21(5-6-22(14)20(28)18(10)27)11-3-1-2-4-12(11)23(15)19(17)21/h1-4,10,13-14,17,19H,5-9H2,(H,25,26)/t10-,13-,14+,17-,19-,21-/m0/s1. The first kappa shape index (κ1) is 17.1. The first-order chi connectivity index (χ1) is 13.9. The van der Waals surface area contributed by atoms with Gasteiger partial charge in [-0.25, -0.2) is 4.79 Å². The highest BCUT2D eigenvalue weighted by Gasteiger charge is 2.72. The second-order valence-corrected chi connectivity index (χ2v) is 8.76. The van der Waals surface area contributed by atoms with Gasteiger partial charge < -0.3 is 19.6 Å². The van der Waals surface area contributed by atoms with Crippen LogP contribution in [0.1, 0.15) is 24.8 Å². The number of carbonyl (C=O) groups excluding carboxylic acids is 3. The van der Waals surface area contributed by atoms with Gasteiger partial charge in [0.2, 0.25) is 11.7 Å². The van der Waals surface area contributed by atoms with Gasteiger partial charge in [-0.1, -0.05) is 18.2 Å². The normalized spacial score (nSPS) is 38.9. The van der Waals surface area contributed by atoms with E-state index in [-0.39, 0.29) is 30.3 Å². The van der Waals surface area contributed by atoms with Gasteiger partial charge in [0.1, 0.15) is 6.61 Å². The summed E-state index contributed by atoms with van der Waals surface area (Å²) in [6.45, 7) is -0.0201. The maximum atomic E-state index is 13.2. The summed E-state index contributed by atoms with van der Waals surface area (Å²) in [4.78, 5) is 53.7. The third-order valence-electron chi connectivity index (χ3n) is 7.82. The van der Waals surface area contributed by atoms with Crippen molar-refractivity contribution in [2.45, 2.75) is 42.9 Å². The summed E-state index contributed by atoms with van der Waals surface area (Å²) >= 11 is 0. The number of nitrogens with zero attached hydrogens (tertiary/aromatic N) is 2. The summed E-state index contributed by atoms with van der Waals surface area (Å²) in [6, 6.07) is 7.43. The number of amides is 2. The molecule has 3 saturated heterocycles. The van der Waals surface area contributed by atoms with Crippen LogP contribution in [0.3, 0.4) is 0 Å². The topological polar surface area (TPSA) is 104 Å². The van der Waals surface area contributed by atoms with E-state index < -0.39 is 41.7 Å². The second-order valence-electron chi connectivity index (χ2n) is 8.76. The fraction of sp³-hybridized carbons (Fsp3) is 0.524. The molecule has 150 valence electrons. The van der Waals surface area contributed by atoms with Crippen molar-refractivity contribution in [2.75, 3.05) is 18.1 Å². The van der Waals surface area contributed by atoms with Gasteiger partial charge in [0, 0.05) is 35.5 Å². The predicted octanol–water partition coefficient (Wildman–Crippen LogP) is 0.333. The van der Waals surface area contributed by atoms with Gasteiger partial charge in [0.05, 0.1) is 18.6 Å². The lowest BCUT2D eigenvalue weighted by molar-refractivity contribution is -0.166. The molecule has 2 bridgehead atoms. The van der Waals surface area contributed by atoms with Crippen LogP contribution >= 0.6 is 0 Å². The maximum absolute atomic E-state index is 13.2. The molecule has 4 heterocycles. The van der Waals surface area contributed by atoms with E-state index in [2.05, 4.69) is 0 Å². The van der Waals surface area contributed by atoms with Crippen molar-refractivity contribution in [2.24, 2.45) is 11.8 Å². The minimum atomic E-state index is -1.11. The number of carboxylic acid groups (broad SMARTS) is 1. The largest absolute Gasteiger partial charge is 0.480 e. The summed E-state index contributed by atoms with van der Waals surface area (Å²) in [5, 5.41) is 9.09. The highest BCUT2D eigenvalue weighted by Crippen LogP contribution is 2.64. The molecule has 4 fully saturated rings. The van der Waals surface area contributed by atoms with Crippen molar-refractivity contribution >= 4 is 29.3 Å². The fourth-order valence-corrected chi connectivity index (χ4v) is 6.98. The zero-order chi connectivity index (χ0) is 20.1. The maximum Gasteiger partial charge on any atom is 0.329 e. The Balaban J connectivity index is 1.56. The van der Waals surface area contributed by atoms with Crippen molar-refractivity contribution < 1.29 is 29.0 Å². The van der Waals surface area contributed by atoms with Crippen molar-refractivity contribution in [3.05, 3.63) is 29.8 Å². The number of benzene rings is 1. The molecule has 0 radical (unpaired) electrons. The summed E-state index contributed by atoms with van der Waals surface area (Å²) in [7, 11) is 0. The van der Waals surface area contributed by atoms with Crippen LogP contribution in [0.25, 0.3) is 0 Å². The molecule has 8 nitrogen and oxygen atoms in total. The van der Waals surface area contributed by atoms with Crippen LogP contribution in [0, 0.1) is 11.8 Å². The third-order valence-corrected chi connectivity index (χ3v) is 7.82. The molecule has 6 atom stereocenters. The van der Waals surface area contributed by atoms with E-state index in [0.29, 0.717) is 19.4 Å². The van der Waals surface area contributed by atoms with Gasteiger partial charge in [-0.3, -0.25) is 14.4 Å². The first-order valence-electron chi connectivity index (χ1n) is 10.0. The molecule has 6 rings (SSSR count). The van der Waals surface area contributed by atoms with E-state index in [4.69, 9.17) is 9.84 Å². The van der Waals surface area contributed by atoms with Crippen LogP contribution in [-0.2, 0) is 29.3 Å². The number of carbonyl (C=O) groups is 4. The Morgan fingerprint density at radius 2 is 2.03 bits per heavy atom. The SMILES string of the molecule is O=C(O)CO[C@H]1CC(=O)N2c3ccccc3[C@@]34CCN5C(=O)C(=O)[C@@H](C[C@@H]53)[C@@H]1[C@H]24. The Morgan fingerprint density at radius 3 is 2.83 bits per heavy atom. The quantitative estimate of drug-likeness (QED) is 0.739. The minimum absolute atomic E-state index is 0.0191. The van der Waals surface area contributed by atoms with E-state index in [1.807, 2.05) is 29.2 Å². The molecule has 4 aliphatic heterocycles. The zero-order valence-electron chi connectivity index (χ0n) is 15.6. The average molecular weight is 396 g/mol. The lowest BCUT2D eigenvalue weighted by Crippen LogP contribution is -2.71. The molecule has 1 saturated carbocycles. The number of ketones is 1. The molecule has 0 aromatic heterocycles. The number of hydrogen-bond acceptors (Lipinski definition) is 5. The van der Waals surface area contributed by atoms with Gasteiger partial charge in [0.25, 0.3) is 5.91 Å². The van der Waals surface area contributed by atoms with Gasteiger partial charge in [-0.2, -0.15) is 0 Å². The molecule has 1 aromatic carbocycles. The number of rotatable bonds is 3. The molecular weight excluding hydrogens is 376 g/mol. The Labute approximate surface area is 166 Å². The van der Waals surface area contributed by atoms with Crippen molar-refractivity contribution in [1.29, 1.82) is 0 Å². The minimum Gasteiger partial charge on any atom is -0.480 e. The van der Waals surface area contributed by atoms with Gasteiger partial charge in [-0.15, -0.1) is 0 Å². The summed E-state index contributed by atoms with van der Waals surface area (Å²) in [6.07, 6.45) is 0.581. The number of piperidine rings is 2. The first-order valence-corrected chi connectivity index (χ1v) is 10.0. The number of carboxylic acids is 1. The van der Waals surface area contributed by atoms with Crippen LogP contribution in [0.15, 0.2) is 24.3 Å². The number of para-hydroxylation sites is 1. The van der Waals surface area contributed by atoms with Crippen LogP contribution in [-0.4, -0.2) is 64.9 Å². The molecule has 2 amide bonds. The number of fused-ring (bicyclic) bond motifs is 4. The van der Waals surface area contributed by atoms with Crippen LogP contribution in [0.5, 0.6) is 0 Å². The Hall–Kier alpha value is -2.74. The molecule has 1 spiro atoms. The molecule has 1 aliphatic carbocycles. The fourth-order valence-electron chi connectivity index (χ4n) is 6.98. The van der Waals surface area contributed by atoms with Crippen LogP contribution < -0.4 is 4.90 Å². The zero-order valence-corrected chi connectivity index (χ0v) is 15.6. The van der Waals surface area contributed by atoms with E-state index in [9.17, 15) is 19.2 Å². The molecule has 1 N–H and O–H groups in total. The highest BCUT2D eigenvalue weighted by atomic mass is 16.5. The molecular formula is C21H20N2O6. The third kappa shape index (κ3) is 1.88. The molecule has 8 heteroatoms. The van der Waals surface area contributed by atoms with Crippen molar-refractivity contribution in [1.82, 2.24) is 4.90 Å². The summed E-state index contributed by atoms with van der Waals surface area (Å²) in [5.41, 5.74) is 1.50. The van der Waals surface area contributed by atoms with Crippen molar-refractivity contribution in [3.63, 3.8) is 0 Å². The molecule has 0 unspecified atom stereocenters. The lowest BCUT2D eigenvalue weighted by Gasteiger charge is -2.57. The molecule has 5 aliphatic rings. The van der Waals surface area contributed by atoms with E-state index in [0.717, 1.165) is 11.3 Å². The smallest absolute Gasteiger partial charge is 0.329 e.